The Labute approximate surface area is 101 Å². The molecule has 1 aliphatic carbocycles. The standard InChI is InChI=1S/C12H18N4O/c1-8-14-6-10(7-15-8)16-12(17)11-4-2-3-9(11)5-13/h6-7,9,11H,2-5,13H2,1H3,(H,16,17)/t9-,11-/m1/s1. The van der Waals surface area contributed by atoms with Crippen LogP contribution in [0.25, 0.3) is 0 Å². The number of rotatable bonds is 3. The lowest BCUT2D eigenvalue weighted by Gasteiger charge is -2.17. The molecule has 17 heavy (non-hydrogen) atoms. The second kappa shape index (κ2) is 5.23. The van der Waals surface area contributed by atoms with E-state index in [-0.39, 0.29) is 11.8 Å². The first kappa shape index (κ1) is 12.0. The van der Waals surface area contributed by atoms with Gasteiger partial charge in [-0.3, -0.25) is 4.79 Å². The van der Waals surface area contributed by atoms with Crippen LogP contribution in [0.15, 0.2) is 12.4 Å². The van der Waals surface area contributed by atoms with Crippen LogP contribution in [0.1, 0.15) is 25.1 Å². The van der Waals surface area contributed by atoms with Gasteiger partial charge in [0.25, 0.3) is 0 Å². The van der Waals surface area contributed by atoms with Gasteiger partial charge < -0.3 is 11.1 Å². The van der Waals surface area contributed by atoms with Crippen LogP contribution < -0.4 is 11.1 Å². The van der Waals surface area contributed by atoms with Crippen LogP contribution in [0, 0.1) is 18.8 Å². The molecule has 0 spiro atoms. The number of aryl methyl sites for hydroxylation is 1. The smallest absolute Gasteiger partial charge is 0.227 e. The monoisotopic (exact) mass is 234 g/mol. The molecule has 0 aliphatic heterocycles. The average molecular weight is 234 g/mol. The van der Waals surface area contributed by atoms with Crippen LogP contribution in [0.5, 0.6) is 0 Å². The number of carbonyl (C=O) groups is 1. The van der Waals surface area contributed by atoms with E-state index >= 15 is 0 Å². The van der Waals surface area contributed by atoms with Gasteiger partial charge in [0.05, 0.1) is 18.1 Å². The highest BCUT2D eigenvalue weighted by Gasteiger charge is 2.31. The van der Waals surface area contributed by atoms with Crippen LogP contribution in [0.2, 0.25) is 0 Å². The number of nitrogens with one attached hydrogen (secondary N) is 1. The van der Waals surface area contributed by atoms with E-state index in [4.69, 9.17) is 5.73 Å². The van der Waals surface area contributed by atoms with Gasteiger partial charge in [0.2, 0.25) is 5.91 Å². The lowest BCUT2D eigenvalue weighted by Crippen LogP contribution is -2.29. The number of hydrogen-bond acceptors (Lipinski definition) is 4. The van der Waals surface area contributed by atoms with Crippen molar-refractivity contribution in [2.75, 3.05) is 11.9 Å². The van der Waals surface area contributed by atoms with Crippen molar-refractivity contribution >= 4 is 11.6 Å². The molecular formula is C12H18N4O. The van der Waals surface area contributed by atoms with Gasteiger partial charge in [0.1, 0.15) is 5.82 Å². The zero-order valence-corrected chi connectivity index (χ0v) is 10.0. The van der Waals surface area contributed by atoms with E-state index < -0.39 is 0 Å². The zero-order chi connectivity index (χ0) is 12.3. The van der Waals surface area contributed by atoms with Crippen molar-refractivity contribution in [3.05, 3.63) is 18.2 Å². The Kier molecular flexibility index (Phi) is 3.68. The first-order chi connectivity index (χ1) is 8.20. The maximum atomic E-state index is 12.0. The highest BCUT2D eigenvalue weighted by Crippen LogP contribution is 2.31. The Morgan fingerprint density at radius 1 is 1.47 bits per heavy atom. The Hall–Kier alpha value is -1.49. The minimum Gasteiger partial charge on any atom is -0.330 e. The van der Waals surface area contributed by atoms with Gasteiger partial charge in [-0.05, 0) is 32.2 Å². The van der Waals surface area contributed by atoms with E-state index in [0.717, 1.165) is 19.3 Å². The van der Waals surface area contributed by atoms with Crippen molar-refractivity contribution in [3.63, 3.8) is 0 Å². The number of hydrogen-bond donors (Lipinski definition) is 2. The second-order valence-electron chi connectivity index (χ2n) is 4.54. The van der Waals surface area contributed by atoms with E-state index in [1.54, 1.807) is 12.4 Å². The summed E-state index contributed by atoms with van der Waals surface area (Å²) >= 11 is 0. The summed E-state index contributed by atoms with van der Waals surface area (Å²) in [6, 6.07) is 0. The molecule has 92 valence electrons. The van der Waals surface area contributed by atoms with Crippen LogP contribution in [-0.2, 0) is 4.79 Å². The summed E-state index contributed by atoms with van der Waals surface area (Å²) in [5.74, 6) is 1.11. The summed E-state index contributed by atoms with van der Waals surface area (Å²) in [5.41, 5.74) is 6.33. The van der Waals surface area contributed by atoms with E-state index in [0.29, 0.717) is 24.0 Å². The third-order valence-corrected chi connectivity index (χ3v) is 3.35. The van der Waals surface area contributed by atoms with Gasteiger partial charge >= 0.3 is 0 Å². The summed E-state index contributed by atoms with van der Waals surface area (Å²) in [6.45, 7) is 2.40. The molecule has 5 heteroatoms. The molecule has 1 fully saturated rings. The van der Waals surface area contributed by atoms with Crippen molar-refractivity contribution in [1.29, 1.82) is 0 Å². The van der Waals surface area contributed by atoms with Crippen LogP contribution in [-0.4, -0.2) is 22.4 Å². The number of amides is 1. The quantitative estimate of drug-likeness (QED) is 0.820. The molecule has 0 aromatic carbocycles. The van der Waals surface area contributed by atoms with Gasteiger partial charge in [-0.25, -0.2) is 9.97 Å². The number of anilines is 1. The summed E-state index contributed by atoms with van der Waals surface area (Å²) in [5, 5.41) is 2.86. The number of nitrogens with zero attached hydrogens (tertiary/aromatic N) is 2. The van der Waals surface area contributed by atoms with Gasteiger partial charge in [-0.15, -0.1) is 0 Å². The fourth-order valence-corrected chi connectivity index (χ4v) is 2.36. The average Bonchev–Trinajstić information content (AvgIpc) is 2.80. The maximum absolute atomic E-state index is 12.0. The van der Waals surface area contributed by atoms with Crippen molar-refractivity contribution in [3.8, 4) is 0 Å². The molecule has 1 aromatic heterocycles. The SMILES string of the molecule is Cc1ncc(NC(=O)[C@@H]2CCC[C@@H]2CN)cn1. The molecule has 1 heterocycles. The van der Waals surface area contributed by atoms with Crippen molar-refractivity contribution in [2.45, 2.75) is 26.2 Å². The lowest BCUT2D eigenvalue weighted by atomic mass is 9.95. The third kappa shape index (κ3) is 2.79. The number of nitrogens with two attached hydrogens (primary N) is 1. The lowest BCUT2D eigenvalue weighted by molar-refractivity contribution is -0.120. The fourth-order valence-electron chi connectivity index (χ4n) is 2.36. The van der Waals surface area contributed by atoms with E-state index in [2.05, 4.69) is 15.3 Å². The highest BCUT2D eigenvalue weighted by atomic mass is 16.1. The minimum atomic E-state index is 0.0429. The minimum absolute atomic E-state index is 0.0429. The molecule has 1 aliphatic rings. The van der Waals surface area contributed by atoms with Crippen LogP contribution in [0.3, 0.4) is 0 Å². The normalized spacial score (nSPS) is 23.6. The molecule has 2 atom stereocenters. The van der Waals surface area contributed by atoms with Gasteiger partial charge in [-0.2, -0.15) is 0 Å². The summed E-state index contributed by atoms with van der Waals surface area (Å²) in [6.07, 6.45) is 6.34. The van der Waals surface area contributed by atoms with Crippen molar-refractivity contribution in [2.24, 2.45) is 17.6 Å². The first-order valence-electron chi connectivity index (χ1n) is 6.00. The third-order valence-electron chi connectivity index (χ3n) is 3.35. The molecule has 1 saturated carbocycles. The van der Waals surface area contributed by atoms with E-state index in [9.17, 15) is 4.79 Å². The molecule has 0 unspecified atom stereocenters. The van der Waals surface area contributed by atoms with Crippen molar-refractivity contribution < 1.29 is 4.79 Å². The maximum Gasteiger partial charge on any atom is 0.227 e. The second-order valence-corrected chi connectivity index (χ2v) is 4.54. The Morgan fingerprint density at radius 3 is 2.82 bits per heavy atom. The predicted molar refractivity (Wildman–Crippen MR) is 65.3 cm³/mol. The van der Waals surface area contributed by atoms with Gasteiger partial charge in [-0.1, -0.05) is 6.42 Å². The molecule has 1 amide bonds. The highest BCUT2D eigenvalue weighted by molar-refractivity contribution is 5.92. The molecule has 5 nitrogen and oxygen atoms in total. The summed E-state index contributed by atoms with van der Waals surface area (Å²) < 4.78 is 0. The predicted octanol–water partition coefficient (Wildman–Crippen LogP) is 1.10. The Balaban J connectivity index is 1.99. The first-order valence-corrected chi connectivity index (χ1v) is 6.00. The van der Waals surface area contributed by atoms with Crippen molar-refractivity contribution in [1.82, 2.24) is 9.97 Å². The summed E-state index contributed by atoms with van der Waals surface area (Å²) in [4.78, 5) is 20.1. The van der Waals surface area contributed by atoms with Crippen LogP contribution in [0.4, 0.5) is 5.69 Å². The molecule has 2 rings (SSSR count). The molecule has 3 N–H and O–H groups in total. The fraction of sp³-hybridized carbons (Fsp3) is 0.583. The molecule has 0 radical (unpaired) electrons. The van der Waals surface area contributed by atoms with Crippen LogP contribution >= 0.6 is 0 Å². The largest absolute Gasteiger partial charge is 0.330 e. The molecule has 1 aromatic rings. The molecule has 0 saturated heterocycles. The summed E-state index contributed by atoms with van der Waals surface area (Å²) in [7, 11) is 0. The van der Waals surface area contributed by atoms with Gasteiger partial charge in [0.15, 0.2) is 0 Å². The number of carbonyl (C=O) groups excluding carboxylic acids is 1. The molecular weight excluding hydrogens is 216 g/mol. The van der Waals surface area contributed by atoms with E-state index in [1.807, 2.05) is 6.92 Å². The number of aromatic nitrogens is 2. The molecule has 0 bridgehead atoms. The Morgan fingerprint density at radius 2 is 2.18 bits per heavy atom. The van der Waals surface area contributed by atoms with E-state index in [1.165, 1.54) is 0 Å². The topological polar surface area (TPSA) is 80.9 Å². The zero-order valence-electron chi connectivity index (χ0n) is 10.0. The van der Waals surface area contributed by atoms with Gasteiger partial charge in [0, 0.05) is 5.92 Å². The Bertz CT molecular complexity index is 390.